The monoisotopic (exact) mass is 415 g/mol. The zero-order valence-corrected chi connectivity index (χ0v) is 18.9. The van der Waals surface area contributed by atoms with E-state index in [2.05, 4.69) is 26.1 Å². The normalized spacial score (nSPS) is 11.9. The molecule has 0 fully saturated rings. The Morgan fingerprint density at radius 3 is 2.27 bits per heavy atom. The van der Waals surface area contributed by atoms with Crippen molar-refractivity contribution in [3.8, 4) is 5.75 Å². The molecule has 3 N–H and O–H groups in total. The van der Waals surface area contributed by atoms with Gasteiger partial charge in [-0.2, -0.15) is 0 Å². The molecule has 6 heteroatoms. The van der Waals surface area contributed by atoms with Gasteiger partial charge in [-0.15, -0.1) is 0 Å². The van der Waals surface area contributed by atoms with Crippen molar-refractivity contribution in [2.45, 2.75) is 46.6 Å². The van der Waals surface area contributed by atoms with Crippen molar-refractivity contribution >= 4 is 11.7 Å². The van der Waals surface area contributed by atoms with Gasteiger partial charge in [-0.1, -0.05) is 46.8 Å². The van der Waals surface area contributed by atoms with Crippen LogP contribution in [0.15, 0.2) is 42.5 Å². The lowest BCUT2D eigenvalue weighted by Crippen LogP contribution is -2.43. The predicted molar refractivity (Wildman–Crippen MR) is 120 cm³/mol. The van der Waals surface area contributed by atoms with Gasteiger partial charge in [-0.25, -0.2) is 9.18 Å². The van der Waals surface area contributed by atoms with Crippen molar-refractivity contribution < 1.29 is 13.9 Å². The van der Waals surface area contributed by atoms with Crippen LogP contribution in [0.2, 0.25) is 0 Å². The largest absolute Gasteiger partial charge is 0.497 e. The predicted octanol–water partition coefficient (Wildman–Crippen LogP) is 5.15. The molecule has 30 heavy (non-hydrogen) atoms. The van der Waals surface area contributed by atoms with Crippen LogP contribution < -0.4 is 15.8 Å². The van der Waals surface area contributed by atoms with Crippen molar-refractivity contribution in [3.63, 3.8) is 0 Å². The second kappa shape index (κ2) is 9.47. The minimum Gasteiger partial charge on any atom is -0.497 e. The summed E-state index contributed by atoms with van der Waals surface area (Å²) >= 11 is 0. The van der Waals surface area contributed by atoms with Crippen molar-refractivity contribution in [1.29, 1.82) is 0 Å². The van der Waals surface area contributed by atoms with Gasteiger partial charge >= 0.3 is 6.03 Å². The molecule has 5 nitrogen and oxygen atoms in total. The van der Waals surface area contributed by atoms with Crippen LogP contribution in [-0.4, -0.2) is 31.1 Å². The second-order valence-corrected chi connectivity index (χ2v) is 9.44. The van der Waals surface area contributed by atoms with Crippen LogP contribution >= 0.6 is 0 Å². The van der Waals surface area contributed by atoms with Gasteiger partial charge in [0.25, 0.3) is 0 Å². The molecule has 0 saturated heterocycles. The van der Waals surface area contributed by atoms with Crippen LogP contribution in [0.25, 0.3) is 0 Å². The number of benzene rings is 2. The number of nitrogens with one attached hydrogen (secondary N) is 1. The molecule has 2 aromatic rings. The first-order chi connectivity index (χ1) is 13.9. The van der Waals surface area contributed by atoms with Gasteiger partial charge < -0.3 is 20.7 Å². The average Bonchev–Trinajstić information content (AvgIpc) is 2.68. The van der Waals surface area contributed by atoms with Crippen LogP contribution in [0.4, 0.5) is 14.9 Å². The molecule has 0 unspecified atom stereocenters. The number of carbonyl (C=O) groups is 1. The second-order valence-electron chi connectivity index (χ2n) is 9.44. The topological polar surface area (TPSA) is 67.6 Å². The van der Waals surface area contributed by atoms with E-state index < -0.39 is 0 Å². The lowest BCUT2D eigenvalue weighted by Gasteiger charge is -2.32. The Bertz CT molecular complexity index is 858. The van der Waals surface area contributed by atoms with Gasteiger partial charge in [0.2, 0.25) is 0 Å². The molecule has 0 radical (unpaired) electrons. The number of rotatable bonds is 7. The summed E-state index contributed by atoms with van der Waals surface area (Å²) in [5, 5.41) is 2.93. The van der Waals surface area contributed by atoms with E-state index in [1.807, 2.05) is 38.1 Å². The number of methoxy groups -OCH3 is 1. The lowest BCUT2D eigenvalue weighted by atomic mass is 9.87. The molecule has 0 bridgehead atoms. The van der Waals surface area contributed by atoms with E-state index in [0.29, 0.717) is 30.1 Å². The number of nitrogens with two attached hydrogens (primary N) is 1. The number of anilines is 1. The number of amides is 2. The summed E-state index contributed by atoms with van der Waals surface area (Å²) in [5.41, 5.74) is 7.86. The Balaban J connectivity index is 2.25. The Morgan fingerprint density at radius 1 is 1.10 bits per heavy atom. The Morgan fingerprint density at radius 2 is 1.73 bits per heavy atom. The highest BCUT2D eigenvalue weighted by atomic mass is 19.1. The summed E-state index contributed by atoms with van der Waals surface area (Å²) in [5.74, 6) is 0.163. The minimum atomic E-state index is -0.381. The first-order valence-corrected chi connectivity index (χ1v) is 10.1. The lowest BCUT2D eigenvalue weighted by molar-refractivity contribution is 0.177. The summed E-state index contributed by atoms with van der Waals surface area (Å²) in [4.78, 5) is 14.7. The smallest absolute Gasteiger partial charge is 0.322 e. The van der Waals surface area contributed by atoms with Crippen molar-refractivity contribution in [1.82, 2.24) is 4.90 Å². The van der Waals surface area contributed by atoms with E-state index in [4.69, 9.17) is 10.5 Å². The van der Waals surface area contributed by atoms with Gasteiger partial charge in [0, 0.05) is 17.8 Å². The number of hydrogen-bond acceptors (Lipinski definition) is 3. The molecule has 0 aliphatic carbocycles. The van der Waals surface area contributed by atoms with Crippen LogP contribution in [0.3, 0.4) is 0 Å². The van der Waals surface area contributed by atoms with E-state index in [9.17, 15) is 9.18 Å². The third-order valence-electron chi connectivity index (χ3n) is 5.07. The molecule has 0 aromatic heterocycles. The maximum absolute atomic E-state index is 14.4. The molecule has 0 atom stereocenters. The molecule has 2 amide bonds. The number of carbonyl (C=O) groups excluding carboxylic acids is 1. The van der Waals surface area contributed by atoms with E-state index in [1.54, 1.807) is 17.0 Å². The third kappa shape index (κ3) is 6.46. The molecule has 0 saturated carbocycles. The van der Waals surface area contributed by atoms with Crippen molar-refractivity contribution in [2.24, 2.45) is 11.1 Å². The molecule has 0 aliphatic heterocycles. The molecule has 0 spiro atoms. The van der Waals surface area contributed by atoms with E-state index in [1.165, 1.54) is 18.7 Å². The van der Waals surface area contributed by atoms with Gasteiger partial charge in [-0.3, -0.25) is 0 Å². The Labute approximate surface area is 179 Å². The first-order valence-electron chi connectivity index (χ1n) is 10.1. The molecule has 164 valence electrons. The SMILES string of the molecule is COc1ccc(F)c(CN(CC(C)(C)CN)C(=O)Nc2ccc(C(C)(C)C)cc2)c1. The van der Waals surface area contributed by atoms with Gasteiger partial charge in [0.05, 0.1) is 13.7 Å². The highest BCUT2D eigenvalue weighted by molar-refractivity contribution is 5.89. The zero-order chi connectivity index (χ0) is 22.5. The zero-order valence-electron chi connectivity index (χ0n) is 18.9. The molecule has 0 heterocycles. The fourth-order valence-corrected chi connectivity index (χ4v) is 3.04. The standard InChI is InChI=1S/C24H34FN3O2/c1-23(2,3)18-7-9-19(10-8-18)27-22(29)28(16-24(4,5)15-26)14-17-13-20(30-6)11-12-21(17)25/h7-13H,14-16,26H2,1-6H3,(H,27,29). The molecular formula is C24H34FN3O2. The number of halogens is 1. The van der Waals surface area contributed by atoms with E-state index >= 15 is 0 Å². The summed E-state index contributed by atoms with van der Waals surface area (Å²) in [7, 11) is 1.53. The van der Waals surface area contributed by atoms with Crippen LogP contribution in [0.5, 0.6) is 5.75 Å². The molecule has 0 aliphatic rings. The fraction of sp³-hybridized carbons (Fsp3) is 0.458. The number of urea groups is 1. The Kier molecular flexibility index (Phi) is 7.48. The summed E-state index contributed by atoms with van der Waals surface area (Å²) < 4.78 is 19.6. The summed E-state index contributed by atoms with van der Waals surface area (Å²) in [6, 6.07) is 12.0. The molecular weight excluding hydrogens is 381 g/mol. The van der Waals surface area contributed by atoms with Crippen LogP contribution in [0, 0.1) is 11.2 Å². The number of nitrogens with zero attached hydrogens (tertiary/aromatic N) is 1. The summed E-state index contributed by atoms with van der Waals surface area (Å²) in [6.07, 6.45) is 0. The highest BCUT2D eigenvalue weighted by Gasteiger charge is 2.25. The van der Waals surface area contributed by atoms with Crippen molar-refractivity contribution in [2.75, 3.05) is 25.5 Å². The minimum absolute atomic E-state index is 0.0314. The van der Waals surface area contributed by atoms with Crippen LogP contribution in [-0.2, 0) is 12.0 Å². The maximum atomic E-state index is 14.4. The van der Waals surface area contributed by atoms with Gasteiger partial charge in [0.15, 0.2) is 0 Å². The molecule has 2 aromatic carbocycles. The fourth-order valence-electron chi connectivity index (χ4n) is 3.04. The Hall–Kier alpha value is -2.60. The average molecular weight is 416 g/mol. The number of ether oxygens (including phenoxy) is 1. The van der Waals surface area contributed by atoms with E-state index in [0.717, 1.165) is 0 Å². The first kappa shape index (κ1) is 23.7. The number of hydrogen-bond donors (Lipinski definition) is 2. The van der Waals surface area contributed by atoms with Crippen molar-refractivity contribution in [3.05, 3.63) is 59.4 Å². The molecule has 2 rings (SSSR count). The van der Waals surface area contributed by atoms with E-state index in [-0.39, 0.29) is 29.2 Å². The van der Waals surface area contributed by atoms with Gasteiger partial charge in [-0.05, 0) is 53.3 Å². The summed E-state index contributed by atoms with van der Waals surface area (Å²) in [6.45, 7) is 11.3. The third-order valence-corrected chi connectivity index (χ3v) is 5.07. The van der Waals surface area contributed by atoms with Crippen LogP contribution in [0.1, 0.15) is 45.7 Å². The quantitative estimate of drug-likeness (QED) is 0.657. The maximum Gasteiger partial charge on any atom is 0.322 e. The van der Waals surface area contributed by atoms with Gasteiger partial charge in [0.1, 0.15) is 11.6 Å². The highest BCUT2D eigenvalue weighted by Crippen LogP contribution is 2.25.